The van der Waals surface area contributed by atoms with Crippen molar-refractivity contribution in [3.63, 3.8) is 0 Å². The highest BCUT2D eigenvalue weighted by atomic mass is 16.5. The van der Waals surface area contributed by atoms with E-state index in [0.29, 0.717) is 12.4 Å². The summed E-state index contributed by atoms with van der Waals surface area (Å²) in [5.74, 6) is -0.662. The fourth-order valence-electron chi connectivity index (χ4n) is 3.48. The number of rotatable bonds is 13. The molecule has 9 heteroatoms. The van der Waals surface area contributed by atoms with Crippen molar-refractivity contribution >= 4 is 17.9 Å². The molecule has 0 aliphatic carbocycles. The third-order valence-corrected chi connectivity index (χ3v) is 5.38. The molecule has 0 spiro atoms. The minimum absolute atomic E-state index is 0.0854. The van der Waals surface area contributed by atoms with Crippen LogP contribution in [0, 0.1) is 0 Å². The van der Waals surface area contributed by atoms with Crippen molar-refractivity contribution < 1.29 is 29.0 Å². The molecule has 9 nitrogen and oxygen atoms in total. The predicted octanol–water partition coefficient (Wildman–Crippen LogP) is 2.46. The maximum atomic E-state index is 12.4. The van der Waals surface area contributed by atoms with Crippen LogP contribution in [0.5, 0.6) is 5.75 Å². The van der Waals surface area contributed by atoms with Gasteiger partial charge in [0, 0.05) is 13.0 Å². The first kappa shape index (κ1) is 27.2. The Hall–Kier alpha value is -4.37. The molecule has 0 aliphatic rings. The van der Waals surface area contributed by atoms with Gasteiger partial charge in [-0.2, -0.15) is 0 Å². The lowest BCUT2D eigenvalue weighted by molar-refractivity contribution is -0.128. The van der Waals surface area contributed by atoms with Gasteiger partial charge < -0.3 is 30.9 Å². The molecular formula is C28H31N3O6. The fourth-order valence-corrected chi connectivity index (χ4v) is 3.48. The number of amides is 3. The van der Waals surface area contributed by atoms with Crippen LogP contribution in [0.2, 0.25) is 0 Å². The van der Waals surface area contributed by atoms with Gasteiger partial charge in [-0.25, -0.2) is 4.79 Å². The smallest absolute Gasteiger partial charge is 0.407 e. The van der Waals surface area contributed by atoms with Crippen molar-refractivity contribution in [3.05, 3.63) is 102 Å². The summed E-state index contributed by atoms with van der Waals surface area (Å²) >= 11 is 0. The summed E-state index contributed by atoms with van der Waals surface area (Å²) in [5.41, 5.74) is 8.09. The number of benzene rings is 3. The Labute approximate surface area is 215 Å². The number of nitrogens with one attached hydrogen (secondary N) is 2. The third-order valence-electron chi connectivity index (χ3n) is 5.38. The minimum Gasteiger partial charge on any atom is -0.489 e. The first-order valence-corrected chi connectivity index (χ1v) is 11.9. The van der Waals surface area contributed by atoms with Gasteiger partial charge in [0.25, 0.3) is 0 Å². The molecule has 5 N–H and O–H groups in total. The number of carbonyl (C=O) groups excluding carboxylic acids is 3. The zero-order valence-corrected chi connectivity index (χ0v) is 20.3. The van der Waals surface area contributed by atoms with Gasteiger partial charge in [0.15, 0.2) is 0 Å². The van der Waals surface area contributed by atoms with Crippen molar-refractivity contribution in [1.82, 2.24) is 10.6 Å². The molecule has 2 atom stereocenters. The number of nitrogens with two attached hydrogens (primary N) is 1. The van der Waals surface area contributed by atoms with Gasteiger partial charge in [-0.1, -0.05) is 72.8 Å². The molecular weight excluding hydrogens is 474 g/mol. The highest BCUT2D eigenvalue weighted by Gasteiger charge is 2.21. The summed E-state index contributed by atoms with van der Waals surface area (Å²) in [6, 6.07) is 25.1. The van der Waals surface area contributed by atoms with Crippen molar-refractivity contribution in [3.8, 4) is 5.75 Å². The second kappa shape index (κ2) is 14.3. The molecule has 3 aromatic carbocycles. The Morgan fingerprint density at radius 1 is 0.838 bits per heavy atom. The van der Waals surface area contributed by atoms with E-state index in [4.69, 9.17) is 15.2 Å². The van der Waals surface area contributed by atoms with Gasteiger partial charge in [0.1, 0.15) is 25.0 Å². The van der Waals surface area contributed by atoms with Crippen LogP contribution in [0.25, 0.3) is 0 Å². The molecule has 194 valence electrons. The topological polar surface area (TPSA) is 140 Å². The van der Waals surface area contributed by atoms with Crippen molar-refractivity contribution in [2.75, 3.05) is 6.54 Å². The highest BCUT2D eigenvalue weighted by molar-refractivity contribution is 5.87. The van der Waals surface area contributed by atoms with Crippen LogP contribution in [-0.2, 0) is 34.0 Å². The van der Waals surface area contributed by atoms with Gasteiger partial charge in [0.05, 0.1) is 12.5 Å². The summed E-state index contributed by atoms with van der Waals surface area (Å²) in [5, 5.41) is 15.1. The monoisotopic (exact) mass is 505 g/mol. The molecule has 3 amide bonds. The van der Waals surface area contributed by atoms with E-state index in [1.165, 1.54) is 0 Å². The molecule has 3 aromatic rings. The van der Waals surface area contributed by atoms with Gasteiger partial charge in [-0.05, 0) is 28.8 Å². The molecule has 0 saturated carbocycles. The van der Waals surface area contributed by atoms with E-state index in [1.54, 1.807) is 24.3 Å². The number of carbonyl (C=O) groups is 3. The van der Waals surface area contributed by atoms with Crippen LogP contribution < -0.4 is 21.1 Å². The molecule has 37 heavy (non-hydrogen) atoms. The van der Waals surface area contributed by atoms with Crippen LogP contribution >= 0.6 is 0 Å². The third kappa shape index (κ3) is 10.0. The number of ether oxygens (including phenoxy) is 2. The van der Waals surface area contributed by atoms with Crippen LogP contribution in [0.3, 0.4) is 0 Å². The Balaban J connectivity index is 1.43. The maximum Gasteiger partial charge on any atom is 0.407 e. The molecule has 0 aromatic heterocycles. The summed E-state index contributed by atoms with van der Waals surface area (Å²) in [6.45, 7) is 0.289. The number of alkyl carbamates (subject to hydrolysis) is 1. The lowest BCUT2D eigenvalue weighted by atomic mass is 10.0. The number of aliphatic hydroxyl groups is 1. The van der Waals surface area contributed by atoms with E-state index in [0.717, 1.165) is 16.7 Å². The summed E-state index contributed by atoms with van der Waals surface area (Å²) in [7, 11) is 0. The van der Waals surface area contributed by atoms with Crippen molar-refractivity contribution in [2.24, 2.45) is 5.73 Å². The van der Waals surface area contributed by atoms with Crippen molar-refractivity contribution in [2.45, 2.75) is 38.2 Å². The second-order valence-electron chi connectivity index (χ2n) is 8.45. The van der Waals surface area contributed by atoms with E-state index in [-0.39, 0.29) is 26.0 Å². The normalized spacial score (nSPS) is 12.1. The first-order valence-electron chi connectivity index (χ1n) is 11.9. The molecule has 0 bridgehead atoms. The van der Waals surface area contributed by atoms with Crippen LogP contribution in [0.15, 0.2) is 84.9 Å². The predicted molar refractivity (Wildman–Crippen MR) is 137 cm³/mol. The standard InChI is InChI=1S/C28H31N3O6/c29-27(34)25(15-22-12-7-13-24(14-22)36-18-20-8-3-1-4-9-20)31-26(33)16-23(32)17-30-28(35)37-19-21-10-5-2-6-11-21/h1-14,23,25,32H,15-19H2,(H2,29,34)(H,30,35)(H,31,33)/t23-,25-/m0/s1. The maximum absolute atomic E-state index is 12.4. The van der Waals surface area contributed by atoms with Gasteiger partial charge in [-0.3, -0.25) is 9.59 Å². The van der Waals surface area contributed by atoms with Gasteiger partial charge in [0.2, 0.25) is 11.8 Å². The zero-order valence-electron chi connectivity index (χ0n) is 20.3. The van der Waals surface area contributed by atoms with Crippen molar-refractivity contribution in [1.29, 1.82) is 0 Å². The van der Waals surface area contributed by atoms with E-state index in [1.807, 2.05) is 60.7 Å². The van der Waals surface area contributed by atoms with E-state index in [9.17, 15) is 19.5 Å². The molecule has 0 unspecified atom stereocenters. The summed E-state index contributed by atoms with van der Waals surface area (Å²) in [4.78, 5) is 36.2. The lowest BCUT2D eigenvalue weighted by Crippen LogP contribution is -2.47. The average molecular weight is 506 g/mol. The molecule has 3 rings (SSSR count). The van der Waals surface area contributed by atoms with Crippen LogP contribution in [-0.4, -0.2) is 41.7 Å². The molecule has 0 aliphatic heterocycles. The van der Waals surface area contributed by atoms with E-state index in [2.05, 4.69) is 10.6 Å². The van der Waals surface area contributed by atoms with Crippen LogP contribution in [0.4, 0.5) is 4.79 Å². The summed E-state index contributed by atoms with van der Waals surface area (Å²) in [6.07, 6.45) is -2.06. The number of primary amides is 1. The number of aliphatic hydroxyl groups excluding tert-OH is 1. The average Bonchev–Trinajstić information content (AvgIpc) is 2.90. The Kier molecular flexibility index (Phi) is 10.5. The Morgan fingerprint density at radius 2 is 1.46 bits per heavy atom. The Morgan fingerprint density at radius 3 is 2.11 bits per heavy atom. The zero-order chi connectivity index (χ0) is 26.5. The molecule has 0 saturated heterocycles. The van der Waals surface area contributed by atoms with Gasteiger partial charge in [-0.15, -0.1) is 0 Å². The SMILES string of the molecule is NC(=O)[C@H](Cc1cccc(OCc2ccccc2)c1)NC(=O)C[C@H](O)CNC(=O)OCc1ccccc1. The number of hydrogen-bond donors (Lipinski definition) is 4. The quantitative estimate of drug-likeness (QED) is 0.281. The van der Waals surface area contributed by atoms with Gasteiger partial charge >= 0.3 is 6.09 Å². The molecule has 0 heterocycles. The Bertz CT molecular complexity index is 1160. The minimum atomic E-state index is -1.17. The van der Waals surface area contributed by atoms with E-state index < -0.39 is 30.1 Å². The van der Waals surface area contributed by atoms with E-state index >= 15 is 0 Å². The summed E-state index contributed by atoms with van der Waals surface area (Å²) < 4.78 is 10.9. The second-order valence-corrected chi connectivity index (χ2v) is 8.45. The molecule has 0 fully saturated rings. The highest BCUT2D eigenvalue weighted by Crippen LogP contribution is 2.16. The fraction of sp³-hybridized carbons (Fsp3) is 0.250. The number of hydrogen-bond acceptors (Lipinski definition) is 6. The largest absolute Gasteiger partial charge is 0.489 e. The van der Waals surface area contributed by atoms with Crippen LogP contribution in [0.1, 0.15) is 23.1 Å². The molecule has 0 radical (unpaired) electrons. The first-order chi connectivity index (χ1) is 17.9. The lowest BCUT2D eigenvalue weighted by Gasteiger charge is -2.18.